The Morgan fingerprint density at radius 1 is 1.42 bits per heavy atom. The van der Waals surface area contributed by atoms with Crippen molar-refractivity contribution in [3.05, 3.63) is 0 Å². The third-order valence-corrected chi connectivity index (χ3v) is 3.94. The van der Waals surface area contributed by atoms with Gasteiger partial charge < -0.3 is 10.6 Å². The lowest BCUT2D eigenvalue weighted by Crippen LogP contribution is -2.32. The van der Waals surface area contributed by atoms with E-state index in [9.17, 15) is 8.42 Å². The molecule has 0 fully saturated rings. The maximum atomic E-state index is 11.4. The molecule has 0 amide bonds. The first-order valence-corrected chi connectivity index (χ1v) is 5.68. The van der Waals surface area contributed by atoms with E-state index in [1.54, 1.807) is 6.92 Å². The number of nitrogens with zero attached hydrogens (tertiary/aromatic N) is 1. The van der Waals surface area contributed by atoms with Crippen LogP contribution in [0.25, 0.3) is 0 Å². The number of hydrogen-bond acceptors (Lipinski definition) is 4. The van der Waals surface area contributed by atoms with Crippen molar-refractivity contribution < 1.29 is 8.42 Å². The standard InChI is InChI=1S/C7H18N2O2S/c1-7(6-8)12(10,11)5-4-9(2)3/h7H,4-6,8H2,1-3H3. The van der Waals surface area contributed by atoms with Gasteiger partial charge >= 0.3 is 0 Å². The maximum absolute atomic E-state index is 11.4. The van der Waals surface area contributed by atoms with Crippen LogP contribution in [-0.2, 0) is 9.84 Å². The Hall–Kier alpha value is -0.130. The van der Waals surface area contributed by atoms with Gasteiger partial charge in [-0.3, -0.25) is 0 Å². The molecule has 0 saturated carbocycles. The SMILES string of the molecule is CC(CN)S(=O)(=O)CCN(C)C. The third kappa shape index (κ3) is 4.04. The summed E-state index contributed by atoms with van der Waals surface area (Å²) in [5.41, 5.74) is 5.27. The Bertz CT molecular complexity index is 211. The predicted molar refractivity (Wildman–Crippen MR) is 50.9 cm³/mol. The summed E-state index contributed by atoms with van der Waals surface area (Å²) >= 11 is 0. The average molecular weight is 194 g/mol. The molecule has 0 heterocycles. The minimum Gasteiger partial charge on any atom is -0.329 e. The lowest BCUT2D eigenvalue weighted by Gasteiger charge is -2.13. The highest BCUT2D eigenvalue weighted by Crippen LogP contribution is 1.99. The second-order valence-electron chi connectivity index (χ2n) is 3.22. The van der Waals surface area contributed by atoms with E-state index in [-0.39, 0.29) is 12.3 Å². The van der Waals surface area contributed by atoms with E-state index in [2.05, 4.69) is 0 Å². The fraction of sp³-hybridized carbons (Fsp3) is 1.00. The van der Waals surface area contributed by atoms with E-state index in [1.165, 1.54) is 0 Å². The van der Waals surface area contributed by atoms with Crippen LogP contribution in [0.5, 0.6) is 0 Å². The van der Waals surface area contributed by atoms with E-state index in [4.69, 9.17) is 5.73 Å². The highest BCUT2D eigenvalue weighted by molar-refractivity contribution is 7.92. The van der Waals surface area contributed by atoms with Crippen LogP contribution >= 0.6 is 0 Å². The van der Waals surface area contributed by atoms with Gasteiger partial charge in [-0.15, -0.1) is 0 Å². The number of rotatable bonds is 5. The number of sulfone groups is 1. The van der Waals surface area contributed by atoms with E-state index >= 15 is 0 Å². The van der Waals surface area contributed by atoms with E-state index in [0.29, 0.717) is 6.54 Å². The van der Waals surface area contributed by atoms with E-state index in [1.807, 2.05) is 19.0 Å². The zero-order valence-corrected chi connectivity index (χ0v) is 8.76. The molecule has 0 aromatic carbocycles. The predicted octanol–water partition coefficient (Wildman–Crippen LogP) is -0.690. The summed E-state index contributed by atoms with van der Waals surface area (Å²) in [6.07, 6.45) is 0. The minimum absolute atomic E-state index is 0.193. The van der Waals surface area contributed by atoms with Crippen LogP contribution in [0, 0.1) is 0 Å². The van der Waals surface area contributed by atoms with Gasteiger partial charge in [0.2, 0.25) is 0 Å². The molecule has 12 heavy (non-hydrogen) atoms. The fourth-order valence-electron chi connectivity index (χ4n) is 0.658. The Labute approximate surface area is 74.7 Å². The van der Waals surface area contributed by atoms with Gasteiger partial charge in [0.1, 0.15) is 0 Å². The van der Waals surface area contributed by atoms with Gasteiger partial charge in [-0.25, -0.2) is 8.42 Å². The van der Waals surface area contributed by atoms with Crippen molar-refractivity contribution in [2.45, 2.75) is 12.2 Å². The first-order chi connectivity index (χ1) is 5.40. The van der Waals surface area contributed by atoms with Crippen LogP contribution in [0.15, 0.2) is 0 Å². The molecule has 0 aromatic heterocycles. The van der Waals surface area contributed by atoms with Gasteiger partial charge in [-0.05, 0) is 21.0 Å². The smallest absolute Gasteiger partial charge is 0.155 e. The summed E-state index contributed by atoms with van der Waals surface area (Å²) in [5.74, 6) is 0.193. The van der Waals surface area contributed by atoms with Crippen molar-refractivity contribution >= 4 is 9.84 Å². The summed E-state index contributed by atoms with van der Waals surface area (Å²) in [6, 6.07) is 0. The molecule has 0 spiro atoms. The van der Waals surface area contributed by atoms with Crippen LogP contribution in [0.3, 0.4) is 0 Å². The zero-order valence-electron chi connectivity index (χ0n) is 7.95. The van der Waals surface area contributed by atoms with E-state index in [0.717, 1.165) is 0 Å². The summed E-state index contributed by atoms with van der Waals surface area (Å²) in [4.78, 5) is 1.85. The fourth-order valence-corrected chi connectivity index (χ4v) is 1.97. The number of hydrogen-bond donors (Lipinski definition) is 1. The average Bonchev–Trinajstić information content (AvgIpc) is 1.99. The Morgan fingerprint density at radius 2 is 1.92 bits per heavy atom. The van der Waals surface area contributed by atoms with Crippen molar-refractivity contribution in [1.29, 1.82) is 0 Å². The topological polar surface area (TPSA) is 63.4 Å². The van der Waals surface area contributed by atoms with Crippen LogP contribution in [0.1, 0.15) is 6.92 Å². The highest BCUT2D eigenvalue weighted by Gasteiger charge is 2.18. The molecule has 0 rings (SSSR count). The zero-order chi connectivity index (χ0) is 9.78. The molecule has 4 nitrogen and oxygen atoms in total. The largest absolute Gasteiger partial charge is 0.329 e. The molecule has 0 aliphatic rings. The van der Waals surface area contributed by atoms with Crippen LogP contribution in [-0.4, -0.2) is 51.5 Å². The van der Waals surface area contributed by atoms with Crippen molar-refractivity contribution in [3.63, 3.8) is 0 Å². The van der Waals surface area contributed by atoms with Gasteiger partial charge in [0.05, 0.1) is 11.0 Å². The van der Waals surface area contributed by atoms with Crippen LogP contribution in [0.2, 0.25) is 0 Å². The lowest BCUT2D eigenvalue weighted by atomic mass is 10.5. The van der Waals surface area contributed by atoms with Crippen molar-refractivity contribution in [1.82, 2.24) is 4.90 Å². The van der Waals surface area contributed by atoms with Gasteiger partial charge in [-0.2, -0.15) is 0 Å². The molecule has 1 unspecified atom stereocenters. The molecule has 0 bridgehead atoms. The highest BCUT2D eigenvalue weighted by atomic mass is 32.2. The lowest BCUT2D eigenvalue weighted by molar-refractivity contribution is 0.431. The molecular formula is C7H18N2O2S. The van der Waals surface area contributed by atoms with Crippen molar-refractivity contribution in [3.8, 4) is 0 Å². The monoisotopic (exact) mass is 194 g/mol. The Kier molecular flexibility index (Phi) is 4.74. The first-order valence-electron chi connectivity index (χ1n) is 3.96. The summed E-state index contributed by atoms with van der Waals surface area (Å²) in [5, 5.41) is -0.419. The Balaban J connectivity index is 4.06. The van der Waals surface area contributed by atoms with Crippen LogP contribution in [0.4, 0.5) is 0 Å². The molecule has 0 radical (unpaired) electrons. The third-order valence-electron chi connectivity index (χ3n) is 1.77. The van der Waals surface area contributed by atoms with Gasteiger partial charge in [0.15, 0.2) is 9.84 Å². The maximum Gasteiger partial charge on any atom is 0.155 e. The molecule has 0 aromatic rings. The quantitative estimate of drug-likeness (QED) is 0.629. The van der Waals surface area contributed by atoms with E-state index < -0.39 is 15.1 Å². The molecule has 0 saturated heterocycles. The van der Waals surface area contributed by atoms with Gasteiger partial charge in [0.25, 0.3) is 0 Å². The second-order valence-corrected chi connectivity index (χ2v) is 5.76. The summed E-state index contributed by atoms with van der Waals surface area (Å²) < 4.78 is 22.7. The molecule has 1 atom stereocenters. The Morgan fingerprint density at radius 3 is 2.25 bits per heavy atom. The van der Waals surface area contributed by atoms with Crippen molar-refractivity contribution in [2.75, 3.05) is 32.9 Å². The molecule has 5 heteroatoms. The van der Waals surface area contributed by atoms with Gasteiger partial charge in [0, 0.05) is 13.1 Å². The first kappa shape index (κ1) is 11.9. The molecular weight excluding hydrogens is 176 g/mol. The van der Waals surface area contributed by atoms with Crippen LogP contribution < -0.4 is 5.73 Å². The minimum atomic E-state index is -2.97. The van der Waals surface area contributed by atoms with Gasteiger partial charge in [-0.1, -0.05) is 0 Å². The summed E-state index contributed by atoms with van der Waals surface area (Å²) in [7, 11) is 0.728. The molecule has 74 valence electrons. The molecule has 0 aliphatic carbocycles. The molecule has 2 N–H and O–H groups in total. The molecule has 0 aliphatic heterocycles. The van der Waals surface area contributed by atoms with Crippen molar-refractivity contribution in [2.24, 2.45) is 5.73 Å². The second kappa shape index (κ2) is 4.79. The summed E-state index contributed by atoms with van der Waals surface area (Å²) in [6.45, 7) is 2.41. The normalized spacial score (nSPS) is 15.1. The number of nitrogens with two attached hydrogens (primary N) is 1.